The van der Waals surface area contributed by atoms with Crippen molar-refractivity contribution in [2.45, 2.75) is 200 Å². The molecule has 4 heterocycles. The van der Waals surface area contributed by atoms with E-state index in [1.165, 1.54) is 0 Å². The number of nitrogens with zero attached hydrogens (tertiary/aromatic N) is 8. The number of benzene rings is 2. The number of alkyl carbamates (subject to hydrolysis) is 1. The Balaban J connectivity index is 0.921. The molecule has 2 aliphatic heterocycles. The van der Waals surface area contributed by atoms with Gasteiger partial charge in [-0.2, -0.15) is 10.2 Å². The van der Waals surface area contributed by atoms with Crippen molar-refractivity contribution in [3.63, 3.8) is 0 Å². The van der Waals surface area contributed by atoms with Crippen molar-refractivity contribution in [3.05, 3.63) is 95.1 Å². The van der Waals surface area contributed by atoms with Gasteiger partial charge in [0.05, 0.1) is 12.2 Å². The monoisotopic (exact) mass is 1240 g/mol. The second-order valence-electron chi connectivity index (χ2n) is 27.2. The van der Waals surface area contributed by atoms with Crippen LogP contribution in [0.15, 0.2) is 67.0 Å². The normalized spacial score (nSPS) is 20.1. The predicted octanol–water partition coefficient (Wildman–Crippen LogP) is 7.76. The number of ether oxygens (including phenoxy) is 1. The Labute approximate surface area is 532 Å². The number of piperazine rings is 2. The Morgan fingerprint density at radius 2 is 1.26 bits per heavy atom. The van der Waals surface area contributed by atoms with Gasteiger partial charge in [0.2, 0.25) is 23.6 Å². The number of likely N-dealkylation sites (N-methyl/N-ethyl adjacent to an activating group) is 2. The van der Waals surface area contributed by atoms with Gasteiger partial charge in [0, 0.05) is 99.9 Å². The lowest BCUT2D eigenvalue weighted by atomic mass is 9.75. The van der Waals surface area contributed by atoms with E-state index in [-0.39, 0.29) is 65.2 Å². The predicted molar refractivity (Wildman–Crippen MR) is 349 cm³/mol. The topological polar surface area (TPSA) is 263 Å². The van der Waals surface area contributed by atoms with Gasteiger partial charge in [0.25, 0.3) is 11.8 Å². The van der Waals surface area contributed by atoms with E-state index in [4.69, 9.17) is 10.5 Å². The zero-order valence-electron chi connectivity index (χ0n) is 55.3. The summed E-state index contributed by atoms with van der Waals surface area (Å²) in [6.45, 7) is 22.3. The first kappa shape index (κ1) is 68.7. The summed E-state index contributed by atoms with van der Waals surface area (Å²) in [5.74, 6) is -2.51. The summed E-state index contributed by atoms with van der Waals surface area (Å²) in [5.41, 5.74) is 8.85. The number of aryl methyl sites for hydroxylation is 2. The molecule has 8 atom stereocenters. The van der Waals surface area contributed by atoms with Gasteiger partial charge < -0.3 is 51.8 Å². The lowest BCUT2D eigenvalue weighted by molar-refractivity contribution is -0.137. The standard InChI is InChI=1S/C68H102N14O8/c1-12-81-55(32-33-70-81)60(83)76-68(9,51-22-18-15-19-23-51)65(88)73-53-30-26-48(27-31-53)46(5)57(75-66(89)90-67(6,7)8)64(87)80-39-36-78(11)54(43-80)41-44(3)40-50-42-71-82(13-2)59(50)62(85)74-58(49-20-16-14-17-21-49)61(84)72-52-28-24-47(25-29-52)45(4)56(69)63(86)79-37-34-77(10)35-38-79/h24-33,42,44-46,49,51,54,56-58H,12-23,34-41,43,69H2,1-11H3,(H,72,84)(H,73,88)(H,74,85)(H,75,89)(H,76,83)/t44-,45-,46-,54?,56+,57+,58-,68+/m0/s1. The molecule has 2 saturated heterocycles. The number of anilines is 2. The number of nitrogens with two attached hydrogens (primary N) is 1. The summed E-state index contributed by atoms with van der Waals surface area (Å²) in [6.07, 6.45) is 13.1. The molecule has 4 aromatic rings. The molecule has 0 bridgehead atoms. The molecule has 90 heavy (non-hydrogen) atoms. The fraction of sp³-hybridized carbons (Fsp3) is 0.632. The first-order chi connectivity index (χ1) is 42.9. The summed E-state index contributed by atoms with van der Waals surface area (Å²) in [4.78, 5) is 107. The third kappa shape index (κ3) is 17.2. The van der Waals surface area contributed by atoms with Crippen LogP contribution >= 0.6 is 0 Å². The summed E-state index contributed by atoms with van der Waals surface area (Å²) >= 11 is 0. The van der Waals surface area contributed by atoms with Crippen LogP contribution in [0.4, 0.5) is 16.2 Å². The minimum Gasteiger partial charge on any atom is -0.444 e. The van der Waals surface area contributed by atoms with E-state index in [1.807, 2.05) is 87.9 Å². The zero-order valence-corrected chi connectivity index (χ0v) is 55.3. The SMILES string of the molecule is CCn1nccc1C(=O)N[C@@](C)(C(=O)Nc1ccc([C@H](C)[C@@H](NC(=O)OC(C)(C)C)C(=O)N2CCN(C)C(C[C@@H](C)Cc3cnn(CC)c3C(=O)N[C@H](C(=O)Nc3ccc([C@H](C)[C@@H](N)C(=O)N4CCN(C)CC4)cc3)C3CCCCC3)C2)cc1)C1CCCCC1. The van der Waals surface area contributed by atoms with E-state index in [2.05, 4.69) is 60.6 Å². The largest absolute Gasteiger partial charge is 0.444 e. The molecule has 7 N–H and O–H groups in total. The maximum Gasteiger partial charge on any atom is 0.408 e. The van der Waals surface area contributed by atoms with Gasteiger partial charge in [0.1, 0.15) is 34.6 Å². The lowest BCUT2D eigenvalue weighted by Gasteiger charge is -2.42. The smallest absolute Gasteiger partial charge is 0.408 e. The van der Waals surface area contributed by atoms with Gasteiger partial charge in [-0.25, -0.2) is 4.79 Å². The maximum absolute atomic E-state index is 15.0. The van der Waals surface area contributed by atoms with E-state index in [9.17, 15) is 28.8 Å². The Morgan fingerprint density at radius 3 is 1.87 bits per heavy atom. The van der Waals surface area contributed by atoms with Crippen LogP contribution in [0.3, 0.4) is 0 Å². The fourth-order valence-electron chi connectivity index (χ4n) is 13.7. The Kier molecular flexibility index (Phi) is 23.5. The number of rotatable bonds is 23. The average Bonchev–Trinajstić information content (AvgIpc) is 2.34. The first-order valence-electron chi connectivity index (χ1n) is 33.1. The Hall–Kier alpha value is -7.17. The average molecular weight is 1240 g/mol. The Bertz CT molecular complexity index is 3080. The van der Waals surface area contributed by atoms with E-state index in [1.54, 1.807) is 60.7 Å². The summed E-state index contributed by atoms with van der Waals surface area (Å²) < 4.78 is 9.04. The highest BCUT2D eigenvalue weighted by Gasteiger charge is 2.44. The molecule has 7 amide bonds. The van der Waals surface area contributed by atoms with Crippen LogP contribution in [0.25, 0.3) is 0 Å². The molecule has 2 aliphatic carbocycles. The van der Waals surface area contributed by atoms with Crippen molar-refractivity contribution in [1.29, 1.82) is 0 Å². The van der Waals surface area contributed by atoms with Crippen LogP contribution in [-0.2, 0) is 43.4 Å². The number of aromatic nitrogens is 4. The van der Waals surface area contributed by atoms with Crippen LogP contribution in [0.1, 0.15) is 182 Å². The molecule has 22 nitrogen and oxygen atoms in total. The highest BCUT2D eigenvalue weighted by atomic mass is 16.6. The quantitative estimate of drug-likeness (QED) is 0.0415. The van der Waals surface area contributed by atoms with Crippen molar-refractivity contribution in [2.24, 2.45) is 23.5 Å². The van der Waals surface area contributed by atoms with E-state index >= 15 is 4.79 Å². The van der Waals surface area contributed by atoms with Crippen LogP contribution in [0.2, 0.25) is 0 Å². The first-order valence-corrected chi connectivity index (χ1v) is 33.1. The van der Waals surface area contributed by atoms with E-state index in [0.717, 1.165) is 94.0 Å². The molecule has 22 heteroatoms. The van der Waals surface area contributed by atoms with Crippen molar-refractivity contribution in [1.82, 2.24) is 55.1 Å². The molecular formula is C68H102N14O8. The number of amides is 7. The summed E-state index contributed by atoms with van der Waals surface area (Å²) in [7, 11) is 4.10. The highest BCUT2D eigenvalue weighted by molar-refractivity contribution is 6.04. The van der Waals surface area contributed by atoms with Gasteiger partial charge in [-0.1, -0.05) is 83.6 Å². The van der Waals surface area contributed by atoms with E-state index in [0.29, 0.717) is 81.4 Å². The van der Waals surface area contributed by atoms with Gasteiger partial charge in [-0.3, -0.25) is 43.0 Å². The van der Waals surface area contributed by atoms with Gasteiger partial charge in [0.15, 0.2) is 0 Å². The second-order valence-corrected chi connectivity index (χ2v) is 27.2. The van der Waals surface area contributed by atoms with Crippen LogP contribution in [0, 0.1) is 17.8 Å². The number of nitrogens with one attached hydrogen (secondary N) is 5. The van der Waals surface area contributed by atoms with Gasteiger partial charge >= 0.3 is 6.09 Å². The molecule has 0 radical (unpaired) electrons. The summed E-state index contributed by atoms with van der Waals surface area (Å²) in [6, 6.07) is 13.8. The molecular weight excluding hydrogens is 1140 g/mol. The Morgan fingerprint density at radius 1 is 0.667 bits per heavy atom. The third-order valence-electron chi connectivity index (χ3n) is 19.4. The van der Waals surface area contributed by atoms with Crippen LogP contribution in [0.5, 0.6) is 0 Å². The molecule has 4 fully saturated rings. The van der Waals surface area contributed by atoms with Crippen molar-refractivity contribution in [3.8, 4) is 0 Å². The third-order valence-corrected chi connectivity index (χ3v) is 19.4. The molecule has 0 spiro atoms. The molecule has 2 aromatic heterocycles. The van der Waals surface area contributed by atoms with Crippen LogP contribution in [-0.4, -0.2) is 176 Å². The highest BCUT2D eigenvalue weighted by Crippen LogP contribution is 2.35. The van der Waals surface area contributed by atoms with Crippen molar-refractivity contribution in [2.75, 3.05) is 70.5 Å². The number of carbonyl (C=O) groups excluding carboxylic acids is 7. The van der Waals surface area contributed by atoms with Crippen molar-refractivity contribution < 1.29 is 38.3 Å². The van der Waals surface area contributed by atoms with Gasteiger partial charge in [-0.05, 0) is 153 Å². The van der Waals surface area contributed by atoms with Crippen LogP contribution < -0.4 is 32.3 Å². The van der Waals surface area contributed by atoms with Gasteiger partial charge in [-0.15, -0.1) is 0 Å². The van der Waals surface area contributed by atoms with E-state index < -0.39 is 41.3 Å². The molecule has 1 unspecified atom stereocenters. The maximum atomic E-state index is 15.0. The number of carbonyl (C=O) groups is 7. The molecule has 2 saturated carbocycles. The minimum atomic E-state index is -1.21. The molecule has 492 valence electrons. The van der Waals surface area contributed by atoms with Crippen molar-refractivity contribution >= 4 is 52.9 Å². The minimum absolute atomic E-state index is 0.0345. The number of hydrogen-bond donors (Lipinski definition) is 6. The second kappa shape index (κ2) is 30.8. The number of hydrogen-bond acceptors (Lipinski definition) is 13. The lowest BCUT2D eigenvalue weighted by Crippen LogP contribution is -2.60. The fourth-order valence-corrected chi connectivity index (χ4v) is 13.7. The zero-order chi connectivity index (χ0) is 65.0. The molecule has 2 aromatic carbocycles. The molecule has 4 aliphatic rings. The summed E-state index contributed by atoms with van der Waals surface area (Å²) in [5, 5.41) is 24.4. The molecule has 8 rings (SSSR count).